The molecule has 0 aliphatic carbocycles. The third-order valence-corrected chi connectivity index (χ3v) is 5.05. The van der Waals surface area contributed by atoms with E-state index >= 15 is 0 Å². The van der Waals surface area contributed by atoms with Crippen LogP contribution in [0.3, 0.4) is 0 Å². The molecule has 1 aliphatic rings. The van der Waals surface area contributed by atoms with Gasteiger partial charge < -0.3 is 5.11 Å². The molecule has 0 atom stereocenters. The molecule has 0 amide bonds. The number of nitrogens with zero attached hydrogens (tertiary/aromatic N) is 1. The highest BCUT2D eigenvalue weighted by molar-refractivity contribution is 4.98. The maximum atomic E-state index is 13.9. The van der Waals surface area contributed by atoms with Gasteiger partial charge in [0.25, 0.3) is 0 Å². The first-order valence-electron chi connectivity index (χ1n) is 9.69. The quantitative estimate of drug-likeness (QED) is 0.451. The van der Waals surface area contributed by atoms with Gasteiger partial charge in [0.2, 0.25) is 0 Å². The predicted octanol–water partition coefficient (Wildman–Crippen LogP) is 5.09. The van der Waals surface area contributed by atoms with Gasteiger partial charge in [-0.05, 0) is 12.8 Å². The molecule has 3 heteroatoms. The second-order valence-electron chi connectivity index (χ2n) is 7.27. The fourth-order valence-corrected chi connectivity index (χ4v) is 3.52. The summed E-state index contributed by atoms with van der Waals surface area (Å²) in [6.45, 7) is 5.06. The van der Waals surface area contributed by atoms with Crippen LogP contribution in [0.4, 0.5) is 4.39 Å². The molecule has 1 N–H and O–H groups in total. The number of aliphatic hydroxyl groups excluding tert-OH is 1. The molecule has 132 valence electrons. The third-order valence-electron chi connectivity index (χ3n) is 5.05. The van der Waals surface area contributed by atoms with E-state index in [0.29, 0.717) is 19.1 Å². The zero-order valence-corrected chi connectivity index (χ0v) is 15.0. The average Bonchev–Trinajstić information content (AvgIpc) is 2.49. The minimum atomic E-state index is -1.32. The number of rotatable bonds is 14. The van der Waals surface area contributed by atoms with E-state index in [2.05, 4.69) is 18.7 Å². The first-order valence-corrected chi connectivity index (χ1v) is 9.69. The van der Waals surface area contributed by atoms with E-state index in [4.69, 9.17) is 5.11 Å². The van der Waals surface area contributed by atoms with Crippen LogP contribution >= 0.6 is 0 Å². The highest BCUT2D eigenvalue weighted by atomic mass is 19.1. The molecule has 0 unspecified atom stereocenters. The van der Waals surface area contributed by atoms with E-state index in [1.165, 1.54) is 77.0 Å². The molecule has 0 saturated carbocycles. The second kappa shape index (κ2) is 11.4. The molecule has 1 heterocycles. The lowest BCUT2D eigenvalue weighted by Crippen LogP contribution is -2.63. The van der Waals surface area contributed by atoms with Crippen LogP contribution in [-0.2, 0) is 0 Å². The average molecular weight is 316 g/mol. The number of hydrogen-bond acceptors (Lipinski definition) is 2. The van der Waals surface area contributed by atoms with Crippen molar-refractivity contribution >= 4 is 0 Å². The molecule has 22 heavy (non-hydrogen) atoms. The number of likely N-dealkylation sites (tertiary alicyclic amines) is 1. The van der Waals surface area contributed by atoms with E-state index < -0.39 is 5.67 Å². The van der Waals surface area contributed by atoms with E-state index in [1.54, 1.807) is 0 Å². The first-order chi connectivity index (χ1) is 10.6. The van der Waals surface area contributed by atoms with E-state index in [1.807, 2.05) is 0 Å². The van der Waals surface area contributed by atoms with Crippen molar-refractivity contribution in [2.45, 2.75) is 103 Å². The van der Waals surface area contributed by atoms with E-state index in [0.717, 1.165) is 0 Å². The van der Waals surface area contributed by atoms with Crippen LogP contribution in [0.5, 0.6) is 0 Å². The largest absolute Gasteiger partial charge is 0.393 e. The summed E-state index contributed by atoms with van der Waals surface area (Å²) in [6.07, 6.45) is 15.5. The molecule has 0 bridgehead atoms. The number of hydrogen-bond donors (Lipinski definition) is 1. The highest BCUT2D eigenvalue weighted by Gasteiger charge is 2.45. The summed E-state index contributed by atoms with van der Waals surface area (Å²) in [5, 5.41) is 9.09. The Morgan fingerprint density at radius 2 is 1.32 bits per heavy atom. The van der Waals surface area contributed by atoms with Crippen molar-refractivity contribution in [3.05, 3.63) is 0 Å². The molecule has 1 fully saturated rings. The molecule has 0 radical (unpaired) electrons. The van der Waals surface area contributed by atoms with Gasteiger partial charge in [0, 0.05) is 19.1 Å². The lowest BCUT2D eigenvalue weighted by atomic mass is 9.90. The molecule has 1 aliphatic heterocycles. The van der Waals surface area contributed by atoms with Crippen molar-refractivity contribution in [3.63, 3.8) is 0 Å². The SMILES string of the molecule is CCCCCCCC(CCCCCCC)N1CC(F)(CO)C1. The standard InChI is InChI=1S/C19H38FNO/c1-3-5-7-9-11-13-18(14-12-10-8-6-4-2)21-15-19(20,16-21)17-22/h18,22H,3-17H2,1-2H3. The van der Waals surface area contributed by atoms with Crippen molar-refractivity contribution in [1.29, 1.82) is 0 Å². The van der Waals surface area contributed by atoms with Crippen LogP contribution in [0.1, 0.15) is 90.9 Å². The maximum absolute atomic E-state index is 13.9. The maximum Gasteiger partial charge on any atom is 0.159 e. The molecule has 0 aromatic rings. The Balaban J connectivity index is 2.24. The van der Waals surface area contributed by atoms with Gasteiger partial charge >= 0.3 is 0 Å². The van der Waals surface area contributed by atoms with Gasteiger partial charge in [-0.25, -0.2) is 4.39 Å². The van der Waals surface area contributed by atoms with Gasteiger partial charge in [0.15, 0.2) is 5.67 Å². The summed E-state index contributed by atoms with van der Waals surface area (Å²) in [5.41, 5.74) is -1.32. The first kappa shape index (κ1) is 19.9. The van der Waals surface area contributed by atoms with Crippen LogP contribution in [0.25, 0.3) is 0 Å². The third kappa shape index (κ3) is 7.41. The van der Waals surface area contributed by atoms with Crippen LogP contribution in [0.15, 0.2) is 0 Å². The molecular weight excluding hydrogens is 277 g/mol. The summed E-state index contributed by atoms with van der Waals surface area (Å²) in [7, 11) is 0. The van der Waals surface area contributed by atoms with Gasteiger partial charge in [0.05, 0.1) is 6.61 Å². The van der Waals surface area contributed by atoms with Crippen molar-refractivity contribution in [2.24, 2.45) is 0 Å². The summed E-state index contributed by atoms with van der Waals surface area (Å²) in [4.78, 5) is 2.27. The summed E-state index contributed by atoms with van der Waals surface area (Å²) in [5.74, 6) is 0. The lowest BCUT2D eigenvalue weighted by molar-refractivity contribution is -0.0893. The Hall–Kier alpha value is -0.150. The minimum absolute atomic E-state index is 0.316. The zero-order chi connectivity index (χ0) is 16.3. The Labute approximate surface area is 137 Å². The summed E-state index contributed by atoms with van der Waals surface area (Å²) < 4.78 is 13.9. The van der Waals surface area contributed by atoms with Crippen LogP contribution in [-0.4, -0.2) is 41.4 Å². The number of aliphatic hydroxyl groups is 1. The normalized spacial score (nSPS) is 17.9. The van der Waals surface area contributed by atoms with E-state index in [9.17, 15) is 4.39 Å². The van der Waals surface area contributed by atoms with Gasteiger partial charge in [-0.2, -0.15) is 0 Å². The number of halogens is 1. The monoisotopic (exact) mass is 315 g/mol. The minimum Gasteiger partial charge on any atom is -0.393 e. The van der Waals surface area contributed by atoms with Crippen molar-refractivity contribution in [3.8, 4) is 0 Å². The van der Waals surface area contributed by atoms with Gasteiger partial charge in [0.1, 0.15) is 0 Å². The fraction of sp³-hybridized carbons (Fsp3) is 1.00. The Morgan fingerprint density at radius 1 is 0.864 bits per heavy atom. The van der Waals surface area contributed by atoms with Crippen LogP contribution in [0.2, 0.25) is 0 Å². The second-order valence-corrected chi connectivity index (χ2v) is 7.27. The van der Waals surface area contributed by atoms with Crippen LogP contribution < -0.4 is 0 Å². The molecule has 1 rings (SSSR count). The highest BCUT2D eigenvalue weighted by Crippen LogP contribution is 2.30. The molecule has 0 aromatic heterocycles. The topological polar surface area (TPSA) is 23.5 Å². The molecule has 2 nitrogen and oxygen atoms in total. The van der Waals surface area contributed by atoms with Crippen molar-refractivity contribution in [2.75, 3.05) is 19.7 Å². The van der Waals surface area contributed by atoms with Gasteiger partial charge in [-0.3, -0.25) is 4.90 Å². The summed E-state index contributed by atoms with van der Waals surface area (Å²) >= 11 is 0. The van der Waals surface area contributed by atoms with Crippen molar-refractivity contribution in [1.82, 2.24) is 4.90 Å². The Kier molecular flexibility index (Phi) is 10.3. The molecule has 1 saturated heterocycles. The van der Waals surface area contributed by atoms with Crippen molar-refractivity contribution < 1.29 is 9.50 Å². The number of unbranched alkanes of at least 4 members (excludes halogenated alkanes) is 8. The molecule has 0 aromatic carbocycles. The Morgan fingerprint density at radius 3 is 1.73 bits per heavy atom. The molecular formula is C19H38FNO. The Bertz CT molecular complexity index is 252. The lowest BCUT2D eigenvalue weighted by Gasteiger charge is -2.48. The molecule has 0 spiro atoms. The summed E-state index contributed by atoms with van der Waals surface area (Å²) in [6, 6.07) is 0.540. The number of alkyl halides is 1. The predicted molar refractivity (Wildman–Crippen MR) is 93.0 cm³/mol. The smallest absolute Gasteiger partial charge is 0.159 e. The van der Waals surface area contributed by atoms with Gasteiger partial charge in [-0.15, -0.1) is 0 Å². The van der Waals surface area contributed by atoms with E-state index in [-0.39, 0.29) is 6.61 Å². The fourth-order valence-electron chi connectivity index (χ4n) is 3.52. The van der Waals surface area contributed by atoms with Crippen LogP contribution in [0, 0.1) is 0 Å². The van der Waals surface area contributed by atoms with Gasteiger partial charge in [-0.1, -0.05) is 78.1 Å². The zero-order valence-electron chi connectivity index (χ0n) is 15.0.